The van der Waals surface area contributed by atoms with E-state index in [1.165, 1.54) is 0 Å². The number of aryl methyl sites for hydroxylation is 1. The van der Waals surface area contributed by atoms with Crippen LogP contribution in [-0.4, -0.2) is 40.6 Å². The molecule has 5 nitrogen and oxygen atoms in total. The molecule has 154 valence electrons. The van der Waals surface area contributed by atoms with Crippen LogP contribution in [0.25, 0.3) is 11.0 Å². The number of H-pyrrole nitrogens is 1. The summed E-state index contributed by atoms with van der Waals surface area (Å²) in [6.45, 7) is 5.56. The summed E-state index contributed by atoms with van der Waals surface area (Å²) in [5.41, 5.74) is 0.731. The van der Waals surface area contributed by atoms with Gasteiger partial charge in [-0.1, -0.05) is 23.2 Å². The largest absolute Gasteiger partial charge is 0.416 e. The molecule has 1 aliphatic rings. The summed E-state index contributed by atoms with van der Waals surface area (Å²) < 4.78 is 39.3. The fraction of sp³-hybridized carbons (Fsp3) is 0.368. The third kappa shape index (κ3) is 3.83. The lowest BCUT2D eigenvalue weighted by Gasteiger charge is -2.40. The molecule has 1 aliphatic heterocycles. The van der Waals surface area contributed by atoms with E-state index in [4.69, 9.17) is 23.2 Å². The van der Waals surface area contributed by atoms with Crippen molar-refractivity contribution in [1.29, 1.82) is 0 Å². The molecule has 3 heterocycles. The van der Waals surface area contributed by atoms with E-state index in [1.54, 1.807) is 19.2 Å². The Balaban J connectivity index is 1.60. The third-order valence-corrected chi connectivity index (χ3v) is 5.56. The minimum Gasteiger partial charge on any atom is -0.352 e. The Kier molecular flexibility index (Phi) is 5.02. The lowest BCUT2D eigenvalue weighted by atomic mass is 10.1. The summed E-state index contributed by atoms with van der Waals surface area (Å²) in [5.74, 6) is 1.22. The monoisotopic (exact) mass is 443 g/mol. The van der Waals surface area contributed by atoms with E-state index in [1.807, 2.05) is 11.8 Å². The molecular weight excluding hydrogens is 426 g/mol. The van der Waals surface area contributed by atoms with Crippen molar-refractivity contribution >= 4 is 46.0 Å². The van der Waals surface area contributed by atoms with Crippen molar-refractivity contribution in [2.75, 3.05) is 29.4 Å². The molecule has 10 heteroatoms. The number of anilines is 2. The summed E-state index contributed by atoms with van der Waals surface area (Å²) in [7, 11) is 0. The molecule has 1 N–H and O–H groups in total. The second-order valence-corrected chi connectivity index (χ2v) is 8.04. The van der Waals surface area contributed by atoms with E-state index in [-0.39, 0.29) is 6.04 Å². The zero-order valence-corrected chi connectivity index (χ0v) is 17.2. The van der Waals surface area contributed by atoms with Crippen LogP contribution in [0.1, 0.15) is 18.1 Å². The molecule has 0 amide bonds. The molecule has 0 radical (unpaired) electrons. The Hall–Kier alpha value is -2.19. The first-order valence-corrected chi connectivity index (χ1v) is 9.79. The number of nitrogens with zero attached hydrogens (tertiary/aromatic N) is 4. The molecule has 0 spiro atoms. The van der Waals surface area contributed by atoms with E-state index in [2.05, 4.69) is 19.9 Å². The average molecular weight is 444 g/mol. The number of piperazine rings is 1. The molecule has 0 saturated carbocycles. The number of alkyl halides is 3. The van der Waals surface area contributed by atoms with Crippen molar-refractivity contribution in [3.8, 4) is 0 Å². The van der Waals surface area contributed by atoms with Crippen molar-refractivity contribution in [3.05, 3.63) is 45.6 Å². The van der Waals surface area contributed by atoms with Crippen LogP contribution in [0.3, 0.4) is 0 Å². The number of benzene rings is 1. The zero-order chi connectivity index (χ0) is 20.9. The van der Waals surface area contributed by atoms with Gasteiger partial charge in [0.1, 0.15) is 5.82 Å². The molecule has 2 aromatic heterocycles. The van der Waals surface area contributed by atoms with Gasteiger partial charge in [0.2, 0.25) is 5.95 Å². The highest BCUT2D eigenvalue weighted by Crippen LogP contribution is 2.34. The predicted molar refractivity (Wildman–Crippen MR) is 109 cm³/mol. The average Bonchev–Trinajstić information content (AvgIpc) is 3.05. The lowest BCUT2D eigenvalue weighted by Crippen LogP contribution is -2.52. The van der Waals surface area contributed by atoms with Crippen molar-refractivity contribution in [2.24, 2.45) is 0 Å². The summed E-state index contributed by atoms with van der Waals surface area (Å²) in [5, 5.41) is 0.957. The molecule has 1 atom stereocenters. The lowest BCUT2D eigenvalue weighted by molar-refractivity contribution is -0.137. The van der Waals surface area contributed by atoms with Crippen LogP contribution in [0.4, 0.5) is 24.9 Å². The van der Waals surface area contributed by atoms with Gasteiger partial charge in [-0.05, 0) is 37.6 Å². The van der Waals surface area contributed by atoms with Crippen molar-refractivity contribution in [2.45, 2.75) is 26.1 Å². The molecule has 29 heavy (non-hydrogen) atoms. The highest BCUT2D eigenvalue weighted by Gasteiger charge is 2.32. The minimum atomic E-state index is -4.39. The van der Waals surface area contributed by atoms with Crippen LogP contribution in [0.5, 0.6) is 0 Å². The second kappa shape index (κ2) is 7.25. The number of nitrogens with one attached hydrogen (secondary N) is 1. The van der Waals surface area contributed by atoms with Gasteiger partial charge >= 0.3 is 6.18 Å². The Labute approximate surface area is 175 Å². The van der Waals surface area contributed by atoms with E-state index < -0.39 is 11.7 Å². The van der Waals surface area contributed by atoms with Gasteiger partial charge in [0.25, 0.3) is 0 Å². The first-order valence-electron chi connectivity index (χ1n) is 9.03. The van der Waals surface area contributed by atoms with Gasteiger partial charge < -0.3 is 14.8 Å². The van der Waals surface area contributed by atoms with Crippen LogP contribution in [0.15, 0.2) is 24.4 Å². The summed E-state index contributed by atoms with van der Waals surface area (Å²) in [6.07, 6.45) is -2.84. The van der Waals surface area contributed by atoms with E-state index in [0.29, 0.717) is 58.0 Å². The third-order valence-electron chi connectivity index (χ3n) is 5.08. The molecule has 0 unspecified atom stereocenters. The van der Waals surface area contributed by atoms with Gasteiger partial charge in [-0.25, -0.2) is 9.97 Å². The summed E-state index contributed by atoms with van der Waals surface area (Å²) in [4.78, 5) is 16.1. The molecule has 1 saturated heterocycles. The Bertz CT molecular complexity index is 1070. The number of aromatic nitrogens is 3. The quantitative estimate of drug-likeness (QED) is 0.583. The number of fused-ring (bicyclic) bond motifs is 1. The number of halogens is 5. The SMILES string of the molecule is Cc1cc(C(F)(F)F)cc2[nH]c(N3CCN(c4ncc(Cl)cc4Cl)C[C@H]3C)nc12. The Morgan fingerprint density at radius 2 is 1.93 bits per heavy atom. The smallest absolute Gasteiger partial charge is 0.352 e. The Morgan fingerprint density at radius 1 is 1.17 bits per heavy atom. The molecular formula is C19H18Cl2F3N5. The van der Waals surface area contributed by atoms with E-state index >= 15 is 0 Å². The summed E-state index contributed by atoms with van der Waals surface area (Å²) >= 11 is 12.2. The van der Waals surface area contributed by atoms with Gasteiger partial charge in [0.15, 0.2) is 0 Å². The van der Waals surface area contributed by atoms with Gasteiger partial charge in [-0.2, -0.15) is 13.2 Å². The van der Waals surface area contributed by atoms with Crippen LogP contribution in [-0.2, 0) is 6.18 Å². The normalized spacial score (nSPS) is 18.0. The maximum absolute atomic E-state index is 13.1. The number of hydrogen-bond donors (Lipinski definition) is 1. The number of aromatic amines is 1. The highest BCUT2D eigenvalue weighted by molar-refractivity contribution is 6.36. The molecule has 4 rings (SSSR count). The minimum absolute atomic E-state index is 0.0419. The topological polar surface area (TPSA) is 48.1 Å². The van der Waals surface area contributed by atoms with Crippen molar-refractivity contribution < 1.29 is 13.2 Å². The number of pyridine rings is 1. The fourth-order valence-electron chi connectivity index (χ4n) is 3.68. The van der Waals surface area contributed by atoms with Gasteiger partial charge in [0.05, 0.1) is 26.6 Å². The molecule has 1 fully saturated rings. The van der Waals surface area contributed by atoms with Crippen molar-refractivity contribution in [3.63, 3.8) is 0 Å². The van der Waals surface area contributed by atoms with Gasteiger partial charge in [-0.3, -0.25) is 0 Å². The van der Waals surface area contributed by atoms with Crippen molar-refractivity contribution in [1.82, 2.24) is 15.0 Å². The zero-order valence-electron chi connectivity index (χ0n) is 15.7. The first-order chi connectivity index (χ1) is 13.6. The van der Waals surface area contributed by atoms with Crippen LogP contribution < -0.4 is 9.80 Å². The van der Waals surface area contributed by atoms with Gasteiger partial charge in [0, 0.05) is 31.9 Å². The van der Waals surface area contributed by atoms with E-state index in [0.717, 1.165) is 12.1 Å². The molecule has 1 aromatic carbocycles. The Morgan fingerprint density at radius 3 is 2.59 bits per heavy atom. The predicted octanol–water partition coefficient (Wildman–Crippen LogP) is 5.31. The maximum atomic E-state index is 13.1. The second-order valence-electron chi connectivity index (χ2n) is 7.19. The molecule has 0 bridgehead atoms. The van der Waals surface area contributed by atoms with E-state index in [9.17, 15) is 13.2 Å². The first kappa shape index (κ1) is 20.1. The van der Waals surface area contributed by atoms with Crippen LogP contribution in [0, 0.1) is 6.92 Å². The summed E-state index contributed by atoms with van der Waals surface area (Å²) in [6, 6.07) is 3.93. The molecule has 0 aliphatic carbocycles. The maximum Gasteiger partial charge on any atom is 0.416 e. The number of rotatable bonds is 2. The van der Waals surface area contributed by atoms with Gasteiger partial charge in [-0.15, -0.1) is 0 Å². The highest BCUT2D eigenvalue weighted by atomic mass is 35.5. The molecule has 3 aromatic rings. The number of imidazole rings is 1. The van der Waals surface area contributed by atoms with Crippen LogP contribution >= 0.6 is 23.2 Å². The fourth-order valence-corrected chi connectivity index (χ4v) is 4.18. The standard InChI is InChI=1S/C19H18Cl2F3N5/c1-10-5-12(19(22,23)24)6-15-16(10)27-18(26-15)29-4-3-28(9-11(29)2)17-14(21)7-13(20)8-25-17/h5-8,11H,3-4,9H2,1-2H3,(H,26,27)/t11-/m1/s1. The number of hydrogen-bond acceptors (Lipinski definition) is 4. The van der Waals surface area contributed by atoms with Crippen LogP contribution in [0.2, 0.25) is 10.0 Å².